The van der Waals surface area contributed by atoms with Crippen molar-refractivity contribution < 1.29 is 4.52 Å². The summed E-state index contributed by atoms with van der Waals surface area (Å²) in [5.74, 6) is 3.34. The van der Waals surface area contributed by atoms with Gasteiger partial charge in [0, 0.05) is 10.9 Å². The molecule has 2 fully saturated rings. The standard InChI is InChI=1S/C16H18ClN3O/c17-13-4-2-1-3-11(13)14(18)16-19-15(20-21-16)12-8-9-5-6-10(12)7-9/h1-4,9-10,12,14H,5-8,18H2/t9?,10?,12?,14-/m1/s1. The summed E-state index contributed by atoms with van der Waals surface area (Å²) in [6.45, 7) is 0. The van der Waals surface area contributed by atoms with Gasteiger partial charge in [-0.2, -0.15) is 4.98 Å². The number of nitrogens with two attached hydrogens (primary N) is 1. The van der Waals surface area contributed by atoms with E-state index < -0.39 is 6.04 Å². The zero-order valence-corrected chi connectivity index (χ0v) is 12.5. The third-order valence-corrected chi connectivity index (χ3v) is 5.38. The summed E-state index contributed by atoms with van der Waals surface area (Å²) in [5, 5.41) is 4.81. The number of nitrogens with zero attached hydrogens (tertiary/aromatic N) is 2. The zero-order chi connectivity index (χ0) is 14.4. The summed E-state index contributed by atoms with van der Waals surface area (Å²) in [6, 6.07) is 7.05. The molecular formula is C16H18ClN3O. The second-order valence-corrected chi connectivity index (χ2v) is 6.68. The lowest BCUT2D eigenvalue weighted by Crippen LogP contribution is -2.14. The first kappa shape index (κ1) is 13.3. The predicted octanol–water partition coefficient (Wildman–Crippen LogP) is 3.67. The van der Waals surface area contributed by atoms with Gasteiger partial charge in [0.15, 0.2) is 5.82 Å². The van der Waals surface area contributed by atoms with E-state index in [1.54, 1.807) is 0 Å². The highest BCUT2D eigenvalue weighted by Gasteiger charge is 2.42. The monoisotopic (exact) mass is 303 g/mol. The largest absolute Gasteiger partial charge is 0.337 e. The lowest BCUT2D eigenvalue weighted by atomic mass is 9.88. The van der Waals surface area contributed by atoms with Crippen LogP contribution in [0.1, 0.15) is 54.9 Å². The van der Waals surface area contributed by atoms with Gasteiger partial charge in [0.2, 0.25) is 5.89 Å². The molecule has 0 spiro atoms. The van der Waals surface area contributed by atoms with Crippen LogP contribution in [0.2, 0.25) is 5.02 Å². The van der Waals surface area contributed by atoms with E-state index >= 15 is 0 Å². The van der Waals surface area contributed by atoms with Crippen LogP contribution < -0.4 is 5.73 Å². The molecule has 1 aromatic heterocycles. The highest BCUT2D eigenvalue weighted by Crippen LogP contribution is 2.52. The number of aromatic nitrogens is 2. The Hall–Kier alpha value is -1.39. The third-order valence-electron chi connectivity index (χ3n) is 5.03. The van der Waals surface area contributed by atoms with E-state index in [4.69, 9.17) is 21.9 Å². The normalized spacial score (nSPS) is 29.0. The van der Waals surface area contributed by atoms with Crippen LogP contribution in [-0.2, 0) is 0 Å². The molecule has 4 atom stereocenters. The van der Waals surface area contributed by atoms with Crippen LogP contribution >= 0.6 is 11.6 Å². The molecule has 2 N–H and O–H groups in total. The maximum absolute atomic E-state index is 6.22. The minimum atomic E-state index is -0.460. The molecule has 2 aliphatic carbocycles. The fourth-order valence-corrected chi connectivity index (χ4v) is 4.20. The highest BCUT2D eigenvalue weighted by atomic mass is 35.5. The van der Waals surface area contributed by atoms with Crippen LogP contribution in [-0.4, -0.2) is 10.1 Å². The van der Waals surface area contributed by atoms with E-state index in [1.807, 2.05) is 24.3 Å². The Bertz CT molecular complexity index is 656. The van der Waals surface area contributed by atoms with E-state index in [2.05, 4.69) is 10.1 Å². The quantitative estimate of drug-likeness (QED) is 0.939. The Balaban J connectivity index is 1.58. The van der Waals surface area contributed by atoms with Crippen LogP contribution in [0.25, 0.3) is 0 Å². The van der Waals surface area contributed by atoms with E-state index in [-0.39, 0.29) is 0 Å². The molecule has 0 amide bonds. The Morgan fingerprint density at radius 3 is 2.81 bits per heavy atom. The molecule has 2 aromatic rings. The number of fused-ring (bicyclic) bond motifs is 2. The Morgan fingerprint density at radius 1 is 1.24 bits per heavy atom. The average Bonchev–Trinajstić information content (AvgIpc) is 3.22. The van der Waals surface area contributed by atoms with Gasteiger partial charge in [-0.15, -0.1) is 0 Å². The molecule has 2 saturated carbocycles. The van der Waals surface area contributed by atoms with Crippen molar-refractivity contribution in [2.24, 2.45) is 17.6 Å². The van der Waals surface area contributed by atoms with Gasteiger partial charge >= 0.3 is 0 Å². The molecule has 4 rings (SSSR count). The van der Waals surface area contributed by atoms with Crippen molar-refractivity contribution in [3.63, 3.8) is 0 Å². The summed E-state index contributed by atoms with van der Waals surface area (Å²) < 4.78 is 5.41. The molecule has 0 radical (unpaired) electrons. The van der Waals surface area contributed by atoms with Gasteiger partial charge in [0.25, 0.3) is 0 Å². The first-order valence-corrected chi connectivity index (χ1v) is 7.93. The minimum absolute atomic E-state index is 0.458. The van der Waals surface area contributed by atoms with Gasteiger partial charge in [0.1, 0.15) is 6.04 Å². The summed E-state index contributed by atoms with van der Waals surface area (Å²) in [6.07, 6.45) is 5.19. The van der Waals surface area contributed by atoms with Crippen LogP contribution in [0.15, 0.2) is 28.8 Å². The van der Waals surface area contributed by atoms with Crippen molar-refractivity contribution in [3.05, 3.63) is 46.6 Å². The van der Waals surface area contributed by atoms with Gasteiger partial charge in [-0.25, -0.2) is 0 Å². The topological polar surface area (TPSA) is 64.9 Å². The summed E-state index contributed by atoms with van der Waals surface area (Å²) in [7, 11) is 0. The van der Waals surface area contributed by atoms with Crippen LogP contribution in [0.4, 0.5) is 0 Å². The summed E-state index contributed by atoms with van der Waals surface area (Å²) >= 11 is 6.18. The van der Waals surface area contributed by atoms with E-state index in [9.17, 15) is 0 Å². The highest BCUT2D eigenvalue weighted by molar-refractivity contribution is 6.31. The van der Waals surface area contributed by atoms with Crippen LogP contribution in [0.3, 0.4) is 0 Å². The Kier molecular flexibility index (Phi) is 3.23. The maximum Gasteiger partial charge on any atom is 0.248 e. The van der Waals surface area contributed by atoms with Gasteiger partial charge in [-0.3, -0.25) is 0 Å². The molecule has 4 nitrogen and oxygen atoms in total. The lowest BCUT2D eigenvalue weighted by Gasteiger charge is -2.17. The molecular weight excluding hydrogens is 286 g/mol. The predicted molar refractivity (Wildman–Crippen MR) is 80.0 cm³/mol. The van der Waals surface area contributed by atoms with E-state index in [0.29, 0.717) is 16.8 Å². The molecule has 0 aliphatic heterocycles. The molecule has 3 unspecified atom stereocenters. The van der Waals surface area contributed by atoms with Gasteiger partial charge in [0.05, 0.1) is 0 Å². The van der Waals surface area contributed by atoms with E-state index in [1.165, 1.54) is 25.7 Å². The lowest BCUT2D eigenvalue weighted by molar-refractivity contribution is 0.345. The van der Waals surface area contributed by atoms with E-state index in [0.717, 1.165) is 23.2 Å². The fraction of sp³-hybridized carbons (Fsp3) is 0.500. The second kappa shape index (κ2) is 5.11. The van der Waals surface area contributed by atoms with Crippen molar-refractivity contribution in [2.75, 3.05) is 0 Å². The molecule has 2 aliphatic rings. The molecule has 21 heavy (non-hydrogen) atoms. The zero-order valence-electron chi connectivity index (χ0n) is 11.7. The van der Waals surface area contributed by atoms with Crippen molar-refractivity contribution in [1.29, 1.82) is 0 Å². The number of halogens is 1. The SMILES string of the molecule is N[C@@H](c1nc(C2CC3CCC2C3)no1)c1ccccc1Cl. The average molecular weight is 304 g/mol. The van der Waals surface area contributed by atoms with Crippen molar-refractivity contribution >= 4 is 11.6 Å². The number of rotatable bonds is 3. The number of benzene rings is 1. The molecule has 0 saturated heterocycles. The third kappa shape index (κ3) is 2.27. The Labute approximate surface area is 128 Å². The van der Waals surface area contributed by atoms with Crippen molar-refractivity contribution in [2.45, 2.75) is 37.6 Å². The van der Waals surface area contributed by atoms with Crippen molar-refractivity contribution in [3.8, 4) is 0 Å². The minimum Gasteiger partial charge on any atom is -0.337 e. The smallest absolute Gasteiger partial charge is 0.248 e. The van der Waals surface area contributed by atoms with Gasteiger partial charge < -0.3 is 10.3 Å². The van der Waals surface area contributed by atoms with Gasteiger partial charge in [-0.05, 0) is 42.7 Å². The van der Waals surface area contributed by atoms with Crippen molar-refractivity contribution in [1.82, 2.24) is 10.1 Å². The molecule has 110 valence electrons. The fourth-order valence-electron chi connectivity index (χ4n) is 3.95. The number of hydrogen-bond acceptors (Lipinski definition) is 4. The first-order chi connectivity index (χ1) is 10.2. The molecule has 5 heteroatoms. The molecule has 1 heterocycles. The van der Waals surface area contributed by atoms with Crippen LogP contribution in [0, 0.1) is 11.8 Å². The summed E-state index contributed by atoms with van der Waals surface area (Å²) in [5.41, 5.74) is 7.05. The second-order valence-electron chi connectivity index (χ2n) is 6.27. The summed E-state index contributed by atoms with van der Waals surface area (Å²) in [4.78, 5) is 4.57. The Morgan fingerprint density at radius 2 is 2.10 bits per heavy atom. The first-order valence-electron chi connectivity index (χ1n) is 7.56. The van der Waals surface area contributed by atoms with Crippen LogP contribution in [0.5, 0.6) is 0 Å². The maximum atomic E-state index is 6.22. The van der Waals surface area contributed by atoms with Gasteiger partial charge in [-0.1, -0.05) is 41.4 Å². The molecule has 1 aromatic carbocycles. The molecule has 2 bridgehead atoms. The number of hydrogen-bond donors (Lipinski definition) is 1.